The number of para-hydroxylation sites is 1. The molecule has 2 heterocycles. The molecule has 1 amide bonds. The van der Waals surface area contributed by atoms with E-state index in [2.05, 4.69) is 15.3 Å². The first kappa shape index (κ1) is 18.1. The van der Waals surface area contributed by atoms with Crippen molar-refractivity contribution in [3.8, 4) is 11.1 Å². The Bertz CT molecular complexity index is 929. The van der Waals surface area contributed by atoms with E-state index < -0.39 is 0 Å². The van der Waals surface area contributed by atoms with Crippen molar-refractivity contribution in [3.05, 3.63) is 72.8 Å². The van der Waals surface area contributed by atoms with Gasteiger partial charge in [-0.05, 0) is 42.7 Å². The average molecular weight is 376 g/mol. The highest BCUT2D eigenvalue weighted by Crippen LogP contribution is 2.24. The van der Waals surface area contributed by atoms with Crippen LogP contribution in [0.5, 0.6) is 0 Å². The van der Waals surface area contributed by atoms with Crippen molar-refractivity contribution < 1.29 is 9.18 Å². The van der Waals surface area contributed by atoms with E-state index in [0.29, 0.717) is 12.5 Å². The van der Waals surface area contributed by atoms with Crippen LogP contribution in [0, 0.1) is 11.7 Å². The van der Waals surface area contributed by atoms with Crippen LogP contribution in [0.4, 0.5) is 16.0 Å². The Kier molecular flexibility index (Phi) is 5.28. The topological polar surface area (TPSA) is 58.1 Å². The minimum Gasteiger partial charge on any atom is -0.340 e. The Balaban J connectivity index is 1.42. The van der Waals surface area contributed by atoms with Gasteiger partial charge in [-0.2, -0.15) is 0 Å². The summed E-state index contributed by atoms with van der Waals surface area (Å²) in [6, 6.07) is 15.7. The molecule has 1 unspecified atom stereocenters. The zero-order valence-electron chi connectivity index (χ0n) is 15.4. The van der Waals surface area contributed by atoms with E-state index in [-0.39, 0.29) is 17.6 Å². The molecule has 1 aliphatic rings. The standard InChI is InChI=1S/C22H21FN4O/c23-19-10-8-16(9-11-19)18-13-24-22(25-14-18)27-12-4-5-17(15-27)21(28)26-20-6-2-1-3-7-20/h1-3,6-11,13-14,17H,4-5,12,15H2,(H,26,28). The first-order chi connectivity index (χ1) is 13.7. The predicted molar refractivity (Wildman–Crippen MR) is 107 cm³/mol. The maximum absolute atomic E-state index is 13.1. The van der Waals surface area contributed by atoms with Crippen LogP contribution in [0.1, 0.15) is 12.8 Å². The molecule has 1 N–H and O–H groups in total. The predicted octanol–water partition coefficient (Wildman–Crippen LogP) is 4.14. The Morgan fingerprint density at radius 1 is 1.00 bits per heavy atom. The summed E-state index contributed by atoms with van der Waals surface area (Å²) in [5.74, 6) is 0.269. The maximum atomic E-state index is 13.1. The number of benzene rings is 2. The Morgan fingerprint density at radius 2 is 1.71 bits per heavy atom. The molecule has 0 saturated carbocycles. The highest BCUT2D eigenvalue weighted by molar-refractivity contribution is 5.93. The van der Waals surface area contributed by atoms with Gasteiger partial charge in [0.1, 0.15) is 5.82 Å². The SMILES string of the molecule is O=C(Nc1ccccc1)C1CCCN(c2ncc(-c3ccc(F)cc3)cn2)C1. The van der Waals surface area contributed by atoms with Crippen molar-refractivity contribution in [2.24, 2.45) is 5.92 Å². The molecule has 0 spiro atoms. The molecule has 6 heteroatoms. The third kappa shape index (κ3) is 4.17. The summed E-state index contributed by atoms with van der Waals surface area (Å²) in [7, 11) is 0. The number of piperidine rings is 1. The zero-order chi connectivity index (χ0) is 19.3. The van der Waals surface area contributed by atoms with Crippen molar-refractivity contribution >= 4 is 17.5 Å². The molecule has 1 atom stereocenters. The van der Waals surface area contributed by atoms with Crippen LogP contribution in [0.25, 0.3) is 11.1 Å². The van der Waals surface area contributed by atoms with Crippen molar-refractivity contribution in [1.29, 1.82) is 0 Å². The fourth-order valence-electron chi connectivity index (χ4n) is 3.41. The zero-order valence-corrected chi connectivity index (χ0v) is 15.4. The molecule has 2 aromatic carbocycles. The number of amides is 1. The number of nitrogens with zero attached hydrogens (tertiary/aromatic N) is 3. The molecule has 1 saturated heterocycles. The fourth-order valence-corrected chi connectivity index (χ4v) is 3.41. The van der Waals surface area contributed by atoms with Crippen LogP contribution in [0.2, 0.25) is 0 Å². The number of hydrogen-bond acceptors (Lipinski definition) is 4. The molecular weight excluding hydrogens is 355 g/mol. The van der Waals surface area contributed by atoms with Gasteiger partial charge < -0.3 is 10.2 Å². The molecule has 1 aromatic heterocycles. The number of rotatable bonds is 4. The van der Waals surface area contributed by atoms with Gasteiger partial charge in [0, 0.05) is 36.7 Å². The number of carbonyl (C=O) groups excluding carboxylic acids is 1. The molecule has 0 bridgehead atoms. The molecule has 3 aromatic rings. The lowest BCUT2D eigenvalue weighted by molar-refractivity contribution is -0.120. The summed E-state index contributed by atoms with van der Waals surface area (Å²) in [4.78, 5) is 23.6. The molecule has 28 heavy (non-hydrogen) atoms. The lowest BCUT2D eigenvalue weighted by atomic mass is 9.97. The molecule has 1 fully saturated rings. The van der Waals surface area contributed by atoms with E-state index in [1.165, 1.54) is 12.1 Å². The van der Waals surface area contributed by atoms with E-state index in [0.717, 1.165) is 36.2 Å². The second-order valence-electron chi connectivity index (χ2n) is 6.92. The lowest BCUT2D eigenvalue weighted by Gasteiger charge is -2.32. The third-order valence-electron chi connectivity index (χ3n) is 4.93. The third-order valence-corrected chi connectivity index (χ3v) is 4.93. The number of anilines is 2. The smallest absolute Gasteiger partial charge is 0.229 e. The molecule has 4 rings (SSSR count). The van der Waals surface area contributed by atoms with Crippen LogP contribution in [0.15, 0.2) is 67.0 Å². The minimum absolute atomic E-state index is 0.0267. The van der Waals surface area contributed by atoms with E-state index in [9.17, 15) is 9.18 Å². The number of aromatic nitrogens is 2. The summed E-state index contributed by atoms with van der Waals surface area (Å²) < 4.78 is 13.1. The maximum Gasteiger partial charge on any atom is 0.229 e. The van der Waals surface area contributed by atoms with Crippen molar-refractivity contribution in [2.45, 2.75) is 12.8 Å². The van der Waals surface area contributed by atoms with E-state index >= 15 is 0 Å². The Labute approximate surface area is 163 Å². The molecule has 0 aliphatic carbocycles. The number of halogens is 1. The van der Waals surface area contributed by atoms with E-state index in [1.54, 1.807) is 24.5 Å². The Morgan fingerprint density at radius 3 is 2.43 bits per heavy atom. The molecule has 142 valence electrons. The van der Waals surface area contributed by atoms with Crippen LogP contribution < -0.4 is 10.2 Å². The highest BCUT2D eigenvalue weighted by atomic mass is 19.1. The molecule has 0 radical (unpaired) electrons. The van der Waals surface area contributed by atoms with E-state index in [4.69, 9.17) is 0 Å². The van der Waals surface area contributed by atoms with Gasteiger partial charge in [0.05, 0.1) is 5.92 Å². The van der Waals surface area contributed by atoms with Crippen LogP contribution in [0.3, 0.4) is 0 Å². The normalized spacial score (nSPS) is 16.6. The Hall–Kier alpha value is -3.28. The summed E-state index contributed by atoms with van der Waals surface area (Å²) in [6.45, 7) is 1.42. The van der Waals surface area contributed by atoms with Crippen molar-refractivity contribution in [1.82, 2.24) is 9.97 Å². The van der Waals surface area contributed by atoms with Gasteiger partial charge in [0.15, 0.2) is 0 Å². The molecule has 5 nitrogen and oxygen atoms in total. The summed E-state index contributed by atoms with van der Waals surface area (Å²) >= 11 is 0. The first-order valence-corrected chi connectivity index (χ1v) is 9.38. The molecule has 1 aliphatic heterocycles. The number of carbonyl (C=O) groups is 1. The first-order valence-electron chi connectivity index (χ1n) is 9.38. The monoisotopic (exact) mass is 376 g/mol. The summed E-state index contributed by atoms with van der Waals surface area (Å²) in [5, 5.41) is 2.98. The fraction of sp³-hybridized carbons (Fsp3) is 0.227. The van der Waals surface area contributed by atoms with Crippen LogP contribution in [-0.2, 0) is 4.79 Å². The number of hydrogen-bond donors (Lipinski definition) is 1. The second kappa shape index (κ2) is 8.17. The highest BCUT2D eigenvalue weighted by Gasteiger charge is 2.27. The van der Waals surface area contributed by atoms with Gasteiger partial charge in [-0.3, -0.25) is 4.79 Å². The van der Waals surface area contributed by atoms with Crippen LogP contribution >= 0.6 is 0 Å². The quantitative estimate of drug-likeness (QED) is 0.744. The summed E-state index contributed by atoms with van der Waals surface area (Å²) in [5.41, 5.74) is 2.51. The minimum atomic E-state index is -0.269. The number of nitrogens with one attached hydrogen (secondary N) is 1. The second-order valence-corrected chi connectivity index (χ2v) is 6.92. The van der Waals surface area contributed by atoms with E-state index in [1.807, 2.05) is 35.2 Å². The summed E-state index contributed by atoms with van der Waals surface area (Å²) in [6.07, 6.45) is 5.24. The van der Waals surface area contributed by atoms with Gasteiger partial charge in [-0.25, -0.2) is 14.4 Å². The van der Waals surface area contributed by atoms with Gasteiger partial charge in [-0.1, -0.05) is 30.3 Å². The lowest BCUT2D eigenvalue weighted by Crippen LogP contribution is -2.41. The van der Waals surface area contributed by atoms with Gasteiger partial charge in [0.2, 0.25) is 11.9 Å². The van der Waals surface area contributed by atoms with Gasteiger partial charge >= 0.3 is 0 Å². The van der Waals surface area contributed by atoms with Crippen molar-refractivity contribution in [3.63, 3.8) is 0 Å². The van der Waals surface area contributed by atoms with Crippen molar-refractivity contribution in [2.75, 3.05) is 23.3 Å². The molecular formula is C22H21FN4O. The van der Waals surface area contributed by atoms with Crippen LogP contribution in [-0.4, -0.2) is 29.0 Å². The van der Waals surface area contributed by atoms with Gasteiger partial charge in [0.25, 0.3) is 0 Å². The largest absolute Gasteiger partial charge is 0.340 e. The average Bonchev–Trinajstić information content (AvgIpc) is 2.75. The van der Waals surface area contributed by atoms with Gasteiger partial charge in [-0.15, -0.1) is 0 Å².